The molecule has 0 bridgehead atoms. The number of rotatable bonds is 5. The van der Waals surface area contributed by atoms with Crippen LogP contribution in [0.5, 0.6) is 11.5 Å². The van der Waals surface area contributed by atoms with E-state index < -0.39 is 18.0 Å². The number of carboxylic acid groups (broad SMARTS) is 1. The van der Waals surface area contributed by atoms with Gasteiger partial charge in [-0.1, -0.05) is 18.2 Å². The highest BCUT2D eigenvalue weighted by Crippen LogP contribution is 2.22. The summed E-state index contributed by atoms with van der Waals surface area (Å²) >= 11 is 0. The summed E-state index contributed by atoms with van der Waals surface area (Å²) in [5.74, 6) is -1.33. The van der Waals surface area contributed by atoms with Crippen LogP contribution in [0.1, 0.15) is 17.3 Å². The van der Waals surface area contributed by atoms with E-state index in [0.717, 1.165) is 0 Å². The fourth-order valence-corrected chi connectivity index (χ4v) is 1.81. The van der Waals surface area contributed by atoms with Gasteiger partial charge in [0.2, 0.25) is 0 Å². The molecule has 0 saturated carbocycles. The molecule has 0 aliphatic heterocycles. The van der Waals surface area contributed by atoms with E-state index in [2.05, 4.69) is 5.32 Å². The van der Waals surface area contributed by atoms with Crippen molar-refractivity contribution in [3.63, 3.8) is 0 Å². The lowest BCUT2D eigenvalue weighted by Gasteiger charge is -2.15. The molecule has 2 aromatic carbocycles. The number of ether oxygens (including phenoxy) is 1. The molecule has 0 aliphatic rings. The van der Waals surface area contributed by atoms with Crippen LogP contribution in [0.25, 0.3) is 0 Å². The Morgan fingerprint density at radius 2 is 1.82 bits per heavy atom. The Hall–Kier alpha value is -3.02. The zero-order chi connectivity index (χ0) is 16.1. The van der Waals surface area contributed by atoms with Gasteiger partial charge >= 0.3 is 5.97 Å². The van der Waals surface area contributed by atoms with Gasteiger partial charge in [0.1, 0.15) is 11.5 Å². The van der Waals surface area contributed by atoms with Crippen molar-refractivity contribution in [2.24, 2.45) is 0 Å². The van der Waals surface area contributed by atoms with Gasteiger partial charge in [-0.15, -0.1) is 0 Å². The van der Waals surface area contributed by atoms with Crippen LogP contribution in [0.2, 0.25) is 0 Å². The molecular formula is C16H15NO5. The first kappa shape index (κ1) is 15.4. The molecular weight excluding hydrogens is 286 g/mol. The number of carboxylic acids is 1. The molecule has 6 nitrogen and oxygen atoms in total. The molecule has 0 fully saturated rings. The number of amides is 1. The standard InChI is InChI=1S/C16H15NO5/c1-10(22-12-5-3-2-4-6-12)15(19)17-14-9-11(18)7-8-13(14)16(20)21/h2-10,18H,1H3,(H,17,19)(H,20,21)/t10-/m1/s1. The molecule has 1 atom stereocenters. The quantitative estimate of drug-likeness (QED) is 0.788. The Morgan fingerprint density at radius 1 is 1.14 bits per heavy atom. The van der Waals surface area contributed by atoms with E-state index >= 15 is 0 Å². The predicted octanol–water partition coefficient (Wildman–Crippen LogP) is 2.50. The van der Waals surface area contributed by atoms with Crippen LogP contribution in [-0.2, 0) is 4.79 Å². The third-order valence-electron chi connectivity index (χ3n) is 2.92. The summed E-state index contributed by atoms with van der Waals surface area (Å²) in [5.41, 5.74) is -0.0981. The summed E-state index contributed by atoms with van der Waals surface area (Å²) in [6.45, 7) is 1.55. The molecule has 114 valence electrons. The Morgan fingerprint density at radius 3 is 2.45 bits per heavy atom. The van der Waals surface area contributed by atoms with Crippen LogP contribution in [0.15, 0.2) is 48.5 Å². The van der Waals surface area contributed by atoms with Gasteiger partial charge in [0.15, 0.2) is 6.10 Å². The van der Waals surface area contributed by atoms with E-state index in [9.17, 15) is 14.7 Å². The lowest BCUT2D eigenvalue weighted by molar-refractivity contribution is -0.122. The minimum Gasteiger partial charge on any atom is -0.508 e. The highest BCUT2D eigenvalue weighted by atomic mass is 16.5. The van der Waals surface area contributed by atoms with E-state index in [1.54, 1.807) is 31.2 Å². The Balaban J connectivity index is 2.11. The smallest absolute Gasteiger partial charge is 0.337 e. The number of benzene rings is 2. The van der Waals surface area contributed by atoms with Gasteiger partial charge in [-0.25, -0.2) is 4.79 Å². The maximum absolute atomic E-state index is 12.1. The van der Waals surface area contributed by atoms with E-state index in [-0.39, 0.29) is 17.0 Å². The number of carbonyl (C=O) groups is 2. The first-order valence-electron chi connectivity index (χ1n) is 6.56. The average molecular weight is 301 g/mol. The van der Waals surface area contributed by atoms with Crippen LogP contribution >= 0.6 is 0 Å². The van der Waals surface area contributed by atoms with Crippen molar-refractivity contribution in [3.05, 3.63) is 54.1 Å². The molecule has 0 aromatic heterocycles. The number of aromatic carboxylic acids is 1. The minimum absolute atomic E-state index is 0.0148. The van der Waals surface area contributed by atoms with Crippen molar-refractivity contribution in [1.29, 1.82) is 0 Å². The van der Waals surface area contributed by atoms with Gasteiger partial charge in [-0.05, 0) is 31.2 Å². The monoisotopic (exact) mass is 301 g/mol. The zero-order valence-corrected chi connectivity index (χ0v) is 11.8. The van der Waals surface area contributed by atoms with Crippen molar-refractivity contribution in [1.82, 2.24) is 0 Å². The predicted molar refractivity (Wildman–Crippen MR) is 80.2 cm³/mol. The molecule has 2 aromatic rings. The molecule has 0 heterocycles. The third kappa shape index (κ3) is 3.76. The molecule has 6 heteroatoms. The van der Waals surface area contributed by atoms with E-state index in [4.69, 9.17) is 9.84 Å². The van der Waals surface area contributed by atoms with E-state index in [1.807, 2.05) is 6.07 Å². The highest BCUT2D eigenvalue weighted by Gasteiger charge is 2.18. The lowest BCUT2D eigenvalue weighted by atomic mass is 10.1. The number of phenolic OH excluding ortho intramolecular Hbond substituents is 1. The SMILES string of the molecule is C[C@@H](Oc1ccccc1)C(=O)Nc1cc(O)ccc1C(=O)O. The first-order valence-corrected chi connectivity index (χ1v) is 6.56. The van der Waals surface area contributed by atoms with Crippen LogP contribution in [0, 0.1) is 0 Å². The Bertz CT molecular complexity index is 684. The second kappa shape index (κ2) is 6.62. The van der Waals surface area contributed by atoms with Gasteiger partial charge in [0.05, 0.1) is 11.3 Å². The molecule has 22 heavy (non-hydrogen) atoms. The van der Waals surface area contributed by atoms with E-state index in [1.165, 1.54) is 18.2 Å². The zero-order valence-electron chi connectivity index (χ0n) is 11.8. The number of hydrogen-bond acceptors (Lipinski definition) is 4. The van der Waals surface area contributed by atoms with Crippen molar-refractivity contribution in [2.45, 2.75) is 13.0 Å². The largest absolute Gasteiger partial charge is 0.508 e. The van der Waals surface area contributed by atoms with Crippen molar-refractivity contribution < 1.29 is 24.5 Å². The summed E-state index contributed by atoms with van der Waals surface area (Å²) < 4.78 is 5.46. The second-order valence-electron chi connectivity index (χ2n) is 4.60. The number of phenols is 1. The van der Waals surface area contributed by atoms with E-state index in [0.29, 0.717) is 5.75 Å². The van der Waals surface area contributed by atoms with Crippen molar-refractivity contribution >= 4 is 17.6 Å². The van der Waals surface area contributed by atoms with Gasteiger partial charge in [-0.3, -0.25) is 4.79 Å². The Kier molecular flexibility index (Phi) is 4.63. The number of anilines is 1. The van der Waals surface area contributed by atoms with Crippen molar-refractivity contribution in [2.75, 3.05) is 5.32 Å². The fraction of sp³-hybridized carbons (Fsp3) is 0.125. The minimum atomic E-state index is -1.20. The summed E-state index contributed by atoms with van der Waals surface area (Å²) in [4.78, 5) is 23.2. The highest BCUT2D eigenvalue weighted by molar-refractivity contribution is 6.02. The summed E-state index contributed by atoms with van der Waals surface area (Å²) in [5, 5.41) is 21.0. The van der Waals surface area contributed by atoms with Gasteiger partial charge in [0.25, 0.3) is 5.91 Å². The molecule has 0 unspecified atom stereocenters. The number of aromatic hydroxyl groups is 1. The summed E-state index contributed by atoms with van der Waals surface area (Å²) in [7, 11) is 0. The van der Waals surface area contributed by atoms with Crippen LogP contribution in [0.4, 0.5) is 5.69 Å². The average Bonchev–Trinajstić information content (AvgIpc) is 2.48. The molecule has 1 amide bonds. The number of hydrogen-bond donors (Lipinski definition) is 3. The van der Waals surface area contributed by atoms with Crippen LogP contribution in [0.3, 0.4) is 0 Å². The molecule has 2 rings (SSSR count). The maximum atomic E-state index is 12.1. The first-order chi connectivity index (χ1) is 10.5. The van der Waals surface area contributed by atoms with Gasteiger partial charge in [-0.2, -0.15) is 0 Å². The summed E-state index contributed by atoms with van der Waals surface area (Å²) in [6, 6.07) is 12.4. The normalized spacial score (nSPS) is 11.5. The fourth-order valence-electron chi connectivity index (χ4n) is 1.81. The maximum Gasteiger partial charge on any atom is 0.337 e. The summed E-state index contributed by atoms with van der Waals surface area (Å²) in [6.07, 6.45) is -0.827. The lowest BCUT2D eigenvalue weighted by Crippen LogP contribution is -2.30. The second-order valence-corrected chi connectivity index (χ2v) is 4.60. The van der Waals surface area contributed by atoms with Crippen molar-refractivity contribution in [3.8, 4) is 11.5 Å². The topological polar surface area (TPSA) is 95.9 Å². The van der Waals surface area contributed by atoms with Gasteiger partial charge in [0, 0.05) is 6.07 Å². The molecule has 0 spiro atoms. The molecule has 0 saturated heterocycles. The van der Waals surface area contributed by atoms with Crippen LogP contribution < -0.4 is 10.1 Å². The number of para-hydroxylation sites is 1. The number of nitrogens with one attached hydrogen (secondary N) is 1. The molecule has 0 aliphatic carbocycles. The Labute approximate surface area is 127 Å². The molecule has 3 N–H and O–H groups in total. The van der Waals surface area contributed by atoms with Crippen LogP contribution in [-0.4, -0.2) is 28.2 Å². The third-order valence-corrected chi connectivity index (χ3v) is 2.92. The molecule has 0 radical (unpaired) electrons. The number of carbonyl (C=O) groups excluding carboxylic acids is 1. The van der Waals surface area contributed by atoms with Gasteiger partial charge < -0.3 is 20.3 Å².